The highest BCUT2D eigenvalue weighted by molar-refractivity contribution is 6.05. The van der Waals surface area contributed by atoms with Crippen LogP contribution in [0.1, 0.15) is 59.6 Å². The number of carbonyl (C=O) groups is 3. The highest BCUT2D eigenvalue weighted by Gasteiger charge is 2.33. The molecule has 0 aliphatic heterocycles. The number of benzene rings is 1. The maximum absolute atomic E-state index is 13.2. The van der Waals surface area contributed by atoms with E-state index in [0.29, 0.717) is 22.0 Å². The van der Waals surface area contributed by atoms with Gasteiger partial charge in [0.05, 0.1) is 22.1 Å². The summed E-state index contributed by atoms with van der Waals surface area (Å²) in [5.41, 5.74) is 0.0317. The summed E-state index contributed by atoms with van der Waals surface area (Å²) >= 11 is 0. The Balaban J connectivity index is 1.93. The number of rotatable bonds is 7. The largest absolute Gasteiger partial charge is 0.480 e. The number of ether oxygens (including phenoxy) is 2. The fraction of sp³-hybridized carbons (Fsp3) is 0.400. The standard InChI is InChI=1S/C25H31N5O5/c1-24(2,3)35-23(33)25(4,5)13-28-20(31)17-10-15(12-27-22(17)34-7)14-8-9-16-18(11-14)29-30-19(16)21(32)26-6/h8-12H,13H2,1-7H3,(H,26,32)(H,28,31)(H,29,30)/i7D3. The van der Waals surface area contributed by atoms with E-state index < -0.39 is 29.9 Å². The average Bonchev–Trinajstić information content (AvgIpc) is 3.23. The van der Waals surface area contributed by atoms with E-state index in [1.54, 1.807) is 52.8 Å². The molecule has 2 heterocycles. The highest BCUT2D eigenvalue weighted by Crippen LogP contribution is 2.28. The van der Waals surface area contributed by atoms with Crippen LogP contribution in [0.3, 0.4) is 0 Å². The van der Waals surface area contributed by atoms with E-state index in [1.807, 2.05) is 0 Å². The van der Waals surface area contributed by atoms with Gasteiger partial charge in [-0.3, -0.25) is 19.5 Å². The summed E-state index contributed by atoms with van der Waals surface area (Å²) < 4.78 is 32.7. The summed E-state index contributed by atoms with van der Waals surface area (Å²) in [4.78, 5) is 41.9. The number of pyridine rings is 1. The molecule has 0 bridgehead atoms. The van der Waals surface area contributed by atoms with Gasteiger partial charge in [0.25, 0.3) is 11.8 Å². The van der Waals surface area contributed by atoms with Gasteiger partial charge in [0.2, 0.25) is 5.88 Å². The van der Waals surface area contributed by atoms with Crippen LogP contribution >= 0.6 is 0 Å². The van der Waals surface area contributed by atoms with Gasteiger partial charge in [0.1, 0.15) is 11.2 Å². The van der Waals surface area contributed by atoms with Crippen LogP contribution in [-0.2, 0) is 9.53 Å². The van der Waals surface area contributed by atoms with Crippen LogP contribution in [-0.4, -0.2) is 59.2 Å². The number of aromatic nitrogens is 3. The molecule has 0 radical (unpaired) electrons. The molecule has 10 nitrogen and oxygen atoms in total. The molecule has 0 aliphatic rings. The second-order valence-corrected chi connectivity index (χ2v) is 9.66. The van der Waals surface area contributed by atoms with Gasteiger partial charge in [-0.15, -0.1) is 0 Å². The number of methoxy groups -OCH3 is 1. The van der Waals surface area contributed by atoms with E-state index in [-0.39, 0.29) is 29.6 Å². The van der Waals surface area contributed by atoms with Gasteiger partial charge >= 0.3 is 5.97 Å². The van der Waals surface area contributed by atoms with Gasteiger partial charge in [-0.05, 0) is 58.4 Å². The van der Waals surface area contributed by atoms with Crippen molar-refractivity contribution in [3.05, 3.63) is 41.7 Å². The van der Waals surface area contributed by atoms with E-state index in [2.05, 4.69) is 25.8 Å². The Bertz CT molecular complexity index is 1380. The summed E-state index contributed by atoms with van der Waals surface area (Å²) in [5, 5.41) is 12.6. The molecular formula is C25H31N5O5. The number of nitrogens with zero attached hydrogens (tertiary/aromatic N) is 2. The SMILES string of the molecule is [2H]C([2H])([2H])Oc1ncc(-c2ccc3c(C(=O)NC)n[nH]c3c2)cc1C(=O)NCC(C)(C)C(=O)OC(C)(C)C. The Morgan fingerprint density at radius 3 is 2.49 bits per heavy atom. The number of aromatic amines is 1. The second-order valence-electron chi connectivity index (χ2n) is 9.66. The van der Waals surface area contributed by atoms with Crippen LogP contribution in [0.5, 0.6) is 5.88 Å². The molecule has 3 N–H and O–H groups in total. The van der Waals surface area contributed by atoms with Crippen molar-refractivity contribution < 1.29 is 28.0 Å². The molecule has 1 aromatic carbocycles. The minimum atomic E-state index is -2.84. The summed E-state index contributed by atoms with van der Waals surface area (Å²) in [6.07, 6.45) is 1.37. The van der Waals surface area contributed by atoms with Crippen LogP contribution < -0.4 is 15.4 Å². The van der Waals surface area contributed by atoms with Crippen molar-refractivity contribution in [1.82, 2.24) is 25.8 Å². The number of esters is 1. The lowest BCUT2D eigenvalue weighted by Gasteiger charge is -2.28. The van der Waals surface area contributed by atoms with Gasteiger partial charge in [0.15, 0.2) is 5.69 Å². The van der Waals surface area contributed by atoms with E-state index >= 15 is 0 Å². The minimum absolute atomic E-state index is 0.0828. The molecular weight excluding hydrogens is 450 g/mol. The maximum Gasteiger partial charge on any atom is 0.313 e. The van der Waals surface area contributed by atoms with E-state index in [1.165, 1.54) is 19.3 Å². The lowest BCUT2D eigenvalue weighted by Crippen LogP contribution is -2.42. The van der Waals surface area contributed by atoms with Crippen LogP contribution in [0.2, 0.25) is 0 Å². The van der Waals surface area contributed by atoms with Crippen molar-refractivity contribution in [2.24, 2.45) is 5.41 Å². The maximum atomic E-state index is 13.2. The first-order valence-corrected chi connectivity index (χ1v) is 10.9. The fourth-order valence-corrected chi connectivity index (χ4v) is 3.23. The first kappa shape index (κ1) is 21.6. The molecule has 0 fully saturated rings. The highest BCUT2D eigenvalue weighted by atomic mass is 16.6. The molecule has 10 heteroatoms. The average molecular weight is 485 g/mol. The smallest absolute Gasteiger partial charge is 0.313 e. The molecule has 0 aliphatic carbocycles. The number of fused-ring (bicyclic) bond motifs is 1. The van der Waals surface area contributed by atoms with Crippen molar-refractivity contribution in [2.75, 3.05) is 20.6 Å². The van der Waals surface area contributed by atoms with Crippen molar-refractivity contribution in [3.8, 4) is 17.0 Å². The second kappa shape index (κ2) is 9.73. The number of hydrogen-bond acceptors (Lipinski definition) is 7. The Hall–Kier alpha value is -3.95. The number of carbonyl (C=O) groups excluding carboxylic acids is 3. The molecule has 2 amide bonds. The molecule has 35 heavy (non-hydrogen) atoms. The van der Waals surface area contributed by atoms with E-state index in [0.717, 1.165) is 0 Å². The Morgan fingerprint density at radius 1 is 1.09 bits per heavy atom. The molecule has 2 aromatic heterocycles. The minimum Gasteiger partial charge on any atom is -0.480 e. The zero-order chi connectivity index (χ0) is 28.5. The predicted octanol–water partition coefficient (Wildman–Crippen LogP) is 3.09. The van der Waals surface area contributed by atoms with Gasteiger partial charge < -0.3 is 20.1 Å². The third kappa shape index (κ3) is 5.76. The van der Waals surface area contributed by atoms with Gasteiger partial charge in [-0.25, -0.2) is 4.98 Å². The topological polar surface area (TPSA) is 135 Å². The number of amides is 2. The van der Waals surface area contributed by atoms with E-state index in [4.69, 9.17) is 13.6 Å². The zero-order valence-corrected chi connectivity index (χ0v) is 20.5. The quantitative estimate of drug-likeness (QED) is 0.439. The number of hydrogen-bond donors (Lipinski definition) is 3. The lowest BCUT2D eigenvalue weighted by atomic mass is 9.93. The Labute approximate surface area is 208 Å². The summed E-state index contributed by atoms with van der Waals surface area (Å²) in [5.74, 6) is -1.91. The third-order valence-electron chi connectivity index (χ3n) is 5.17. The molecule has 0 saturated carbocycles. The molecule has 186 valence electrons. The predicted molar refractivity (Wildman–Crippen MR) is 131 cm³/mol. The summed E-state index contributed by atoms with van der Waals surface area (Å²) in [6.45, 7) is 8.41. The zero-order valence-electron chi connectivity index (χ0n) is 23.5. The van der Waals surface area contributed by atoms with Crippen molar-refractivity contribution in [2.45, 2.75) is 40.2 Å². The van der Waals surface area contributed by atoms with Crippen LogP contribution in [0.4, 0.5) is 0 Å². The fourth-order valence-electron chi connectivity index (χ4n) is 3.23. The summed E-state index contributed by atoms with van der Waals surface area (Å²) in [6, 6.07) is 6.60. The molecule has 0 spiro atoms. The molecule has 0 unspecified atom stereocenters. The van der Waals surface area contributed by atoms with Crippen LogP contribution in [0, 0.1) is 5.41 Å². The third-order valence-corrected chi connectivity index (χ3v) is 5.17. The van der Waals surface area contributed by atoms with Crippen molar-refractivity contribution in [3.63, 3.8) is 0 Å². The molecule has 0 atom stereocenters. The van der Waals surface area contributed by atoms with Gasteiger partial charge in [-0.2, -0.15) is 5.10 Å². The Morgan fingerprint density at radius 2 is 1.83 bits per heavy atom. The molecule has 0 saturated heterocycles. The van der Waals surface area contributed by atoms with Gasteiger partial charge in [0, 0.05) is 30.7 Å². The first-order chi connectivity index (χ1) is 17.5. The number of nitrogens with one attached hydrogen (secondary N) is 3. The van der Waals surface area contributed by atoms with E-state index in [9.17, 15) is 14.4 Å². The molecule has 3 aromatic rings. The van der Waals surface area contributed by atoms with Crippen LogP contribution in [0.25, 0.3) is 22.0 Å². The lowest BCUT2D eigenvalue weighted by molar-refractivity contribution is -0.165. The van der Waals surface area contributed by atoms with Crippen molar-refractivity contribution in [1.29, 1.82) is 0 Å². The first-order valence-electron chi connectivity index (χ1n) is 12.4. The summed E-state index contributed by atoms with van der Waals surface area (Å²) in [7, 11) is -1.34. The number of H-pyrrole nitrogens is 1. The Kier molecular flexibility index (Phi) is 6.00. The normalized spacial score (nSPS) is 13.4. The van der Waals surface area contributed by atoms with Crippen molar-refractivity contribution >= 4 is 28.7 Å². The van der Waals surface area contributed by atoms with Crippen LogP contribution in [0.15, 0.2) is 30.5 Å². The molecule has 3 rings (SSSR count). The monoisotopic (exact) mass is 484 g/mol. The van der Waals surface area contributed by atoms with Gasteiger partial charge in [-0.1, -0.05) is 6.07 Å².